The second kappa shape index (κ2) is 8.82. The molecule has 0 rings (SSSR count). The van der Waals surface area contributed by atoms with Crippen molar-refractivity contribution in [2.45, 2.75) is 6.42 Å². The van der Waals surface area contributed by atoms with E-state index in [0.29, 0.717) is 0 Å². The Morgan fingerprint density at radius 1 is 1.83 bits per heavy atom. The van der Waals surface area contributed by atoms with Gasteiger partial charge in [-0.3, -0.25) is 0 Å². The zero-order valence-electron chi connectivity index (χ0n) is 3.37. The van der Waals surface area contributed by atoms with Gasteiger partial charge in [0.15, 0.2) is 6.67 Å². The summed E-state index contributed by atoms with van der Waals surface area (Å²) in [6.07, 6.45) is 1.68. The van der Waals surface area contributed by atoms with Crippen molar-refractivity contribution in [3.05, 3.63) is 19.3 Å². The molecule has 0 saturated carbocycles. The van der Waals surface area contributed by atoms with E-state index in [0.717, 1.165) is 0 Å². The van der Waals surface area contributed by atoms with Crippen molar-refractivity contribution in [1.82, 2.24) is 0 Å². The molecule has 0 unspecified atom stereocenters. The molecule has 6 heavy (non-hydrogen) atoms. The van der Waals surface area contributed by atoms with Crippen LogP contribution in [0.1, 0.15) is 6.42 Å². The largest absolute Gasteiger partial charge is 0.412 e. The van der Waals surface area contributed by atoms with Crippen molar-refractivity contribution >= 4 is 0 Å². The Morgan fingerprint density at radius 2 is 2.33 bits per heavy atom. The molecule has 0 saturated heterocycles. The highest BCUT2D eigenvalue weighted by Crippen LogP contribution is 1.83. The van der Waals surface area contributed by atoms with Gasteiger partial charge in [0.2, 0.25) is 0 Å². The Kier molecular flexibility index (Phi) is 13.5. The first kappa shape index (κ1) is 9.16. The molecule has 2 heteroatoms. The molecular formula is C4H7FO. The third-order valence-corrected chi connectivity index (χ3v) is 0.221. The molecule has 0 fully saturated rings. The maximum Gasteiger partial charge on any atom is 0.189 e. The predicted molar refractivity (Wildman–Crippen MR) is 22.8 cm³/mol. The lowest BCUT2D eigenvalue weighted by molar-refractivity contribution is 0.605. The standard InChI is InChI=1S/C4H5F.H2O/c1-2-3-4-5;/h2H,1,3H2;1H2. The lowest BCUT2D eigenvalue weighted by Gasteiger charge is -1.66. The quantitative estimate of drug-likeness (QED) is 0.448. The SMILES string of the molecule is C=CC[C]F.O. The van der Waals surface area contributed by atoms with Crippen molar-refractivity contribution in [2.75, 3.05) is 0 Å². The Bertz CT molecular complexity index is 28.7. The summed E-state index contributed by atoms with van der Waals surface area (Å²) in [7, 11) is 0. The summed E-state index contributed by atoms with van der Waals surface area (Å²) in [5.41, 5.74) is 0. The summed E-state index contributed by atoms with van der Waals surface area (Å²) in [4.78, 5) is 0. The van der Waals surface area contributed by atoms with E-state index in [4.69, 9.17) is 0 Å². The van der Waals surface area contributed by atoms with Gasteiger partial charge < -0.3 is 5.48 Å². The first-order valence-electron chi connectivity index (χ1n) is 1.36. The molecule has 2 N–H and O–H groups in total. The van der Waals surface area contributed by atoms with E-state index in [9.17, 15) is 4.39 Å². The minimum Gasteiger partial charge on any atom is -0.412 e. The molecule has 0 bridgehead atoms. The maximum absolute atomic E-state index is 10.7. The van der Waals surface area contributed by atoms with Gasteiger partial charge in [0, 0.05) is 6.42 Å². The van der Waals surface area contributed by atoms with Crippen molar-refractivity contribution in [2.24, 2.45) is 0 Å². The summed E-state index contributed by atoms with van der Waals surface area (Å²) in [6.45, 7) is 4.65. The molecule has 0 aromatic rings. The Balaban J connectivity index is 0. The lowest BCUT2D eigenvalue weighted by Crippen LogP contribution is -1.51. The maximum atomic E-state index is 10.7. The van der Waals surface area contributed by atoms with Gasteiger partial charge in [0.1, 0.15) is 0 Å². The summed E-state index contributed by atoms with van der Waals surface area (Å²) in [6, 6.07) is 0. The molecule has 0 aliphatic carbocycles. The van der Waals surface area contributed by atoms with Crippen molar-refractivity contribution in [3.63, 3.8) is 0 Å². The van der Waals surface area contributed by atoms with Gasteiger partial charge >= 0.3 is 0 Å². The topological polar surface area (TPSA) is 31.5 Å². The summed E-state index contributed by atoms with van der Waals surface area (Å²) >= 11 is 0. The van der Waals surface area contributed by atoms with E-state index in [1.54, 1.807) is 0 Å². The summed E-state index contributed by atoms with van der Waals surface area (Å²) in [5.74, 6) is 0. The van der Waals surface area contributed by atoms with E-state index in [1.807, 2.05) is 0 Å². The summed E-state index contributed by atoms with van der Waals surface area (Å²) in [5, 5.41) is 0. The fraction of sp³-hybridized carbons (Fsp3) is 0.250. The molecule has 36 valence electrons. The normalized spacial score (nSPS) is 6.17. The lowest BCUT2D eigenvalue weighted by atomic mass is 10.5. The van der Waals surface area contributed by atoms with Crippen LogP contribution in [0, 0.1) is 6.67 Å². The molecule has 1 nitrogen and oxygen atoms in total. The van der Waals surface area contributed by atoms with E-state index in [1.165, 1.54) is 12.8 Å². The number of hydrogen-bond donors (Lipinski definition) is 0. The molecule has 0 aromatic heterocycles. The highest BCUT2D eigenvalue weighted by Gasteiger charge is 1.69. The first-order chi connectivity index (χ1) is 2.41. The van der Waals surface area contributed by atoms with E-state index in [2.05, 4.69) is 6.58 Å². The van der Waals surface area contributed by atoms with Gasteiger partial charge in [-0.05, 0) is 0 Å². The molecule has 0 aliphatic heterocycles. The Morgan fingerprint density at radius 3 is 2.33 bits per heavy atom. The molecule has 2 radical (unpaired) electrons. The molecule has 0 aromatic carbocycles. The van der Waals surface area contributed by atoms with Crippen LogP contribution in [0.3, 0.4) is 0 Å². The third-order valence-electron chi connectivity index (χ3n) is 0.221. The molecule has 0 heterocycles. The monoisotopic (exact) mass is 90.0 g/mol. The number of rotatable bonds is 2. The molecule has 0 atom stereocenters. The van der Waals surface area contributed by atoms with Crippen LogP contribution in [-0.2, 0) is 0 Å². The van der Waals surface area contributed by atoms with Gasteiger partial charge in [0.25, 0.3) is 0 Å². The van der Waals surface area contributed by atoms with Crippen LogP contribution < -0.4 is 0 Å². The van der Waals surface area contributed by atoms with Crippen LogP contribution in [-0.4, -0.2) is 5.48 Å². The third kappa shape index (κ3) is 9.45. The van der Waals surface area contributed by atoms with Gasteiger partial charge in [-0.25, -0.2) is 4.39 Å². The van der Waals surface area contributed by atoms with Gasteiger partial charge in [-0.15, -0.1) is 6.58 Å². The van der Waals surface area contributed by atoms with Crippen LogP contribution in [0.25, 0.3) is 0 Å². The first-order valence-corrected chi connectivity index (χ1v) is 1.36. The number of hydrogen-bond acceptors (Lipinski definition) is 0. The van der Waals surface area contributed by atoms with Crippen molar-refractivity contribution < 1.29 is 9.87 Å². The van der Waals surface area contributed by atoms with Crippen LogP contribution >= 0.6 is 0 Å². The fourth-order valence-electron chi connectivity index (χ4n) is 0.0546. The Labute approximate surface area is 36.8 Å². The zero-order chi connectivity index (χ0) is 4.12. The highest BCUT2D eigenvalue weighted by molar-refractivity contribution is 4.69. The zero-order valence-corrected chi connectivity index (χ0v) is 3.37. The van der Waals surface area contributed by atoms with Crippen LogP contribution in [0.5, 0.6) is 0 Å². The smallest absolute Gasteiger partial charge is 0.189 e. The van der Waals surface area contributed by atoms with Gasteiger partial charge in [-0.1, -0.05) is 6.08 Å². The molecule has 0 amide bonds. The van der Waals surface area contributed by atoms with Crippen LogP contribution in [0.15, 0.2) is 12.7 Å². The predicted octanol–water partition coefficient (Wildman–Crippen LogP) is 0.746. The molecule has 0 aliphatic rings. The minimum absolute atomic E-state index is 0. The van der Waals surface area contributed by atoms with E-state index in [-0.39, 0.29) is 11.9 Å². The molecular weight excluding hydrogens is 83.0 g/mol. The number of halogens is 1. The summed E-state index contributed by atoms with van der Waals surface area (Å²) < 4.78 is 10.7. The van der Waals surface area contributed by atoms with E-state index >= 15 is 0 Å². The van der Waals surface area contributed by atoms with E-state index < -0.39 is 0 Å². The van der Waals surface area contributed by atoms with Crippen LogP contribution in [0.4, 0.5) is 4.39 Å². The highest BCUT2D eigenvalue weighted by atomic mass is 19.1. The van der Waals surface area contributed by atoms with Crippen molar-refractivity contribution in [3.8, 4) is 0 Å². The average Bonchev–Trinajstić information content (AvgIpc) is 1.41. The second-order valence-corrected chi connectivity index (χ2v) is 0.626. The average molecular weight is 90.1 g/mol. The minimum atomic E-state index is 0. The van der Waals surface area contributed by atoms with Crippen LogP contribution in [0.2, 0.25) is 0 Å². The van der Waals surface area contributed by atoms with Gasteiger partial charge in [0.05, 0.1) is 0 Å². The number of allylic oxidation sites excluding steroid dienone is 1. The fourth-order valence-corrected chi connectivity index (χ4v) is 0.0546. The Hall–Kier alpha value is -0.370. The van der Waals surface area contributed by atoms with Gasteiger partial charge in [-0.2, -0.15) is 0 Å². The molecule has 0 spiro atoms. The van der Waals surface area contributed by atoms with Crippen molar-refractivity contribution in [1.29, 1.82) is 0 Å². The second-order valence-electron chi connectivity index (χ2n) is 0.626.